The molecule has 76 valence electrons. The fraction of sp³-hybridized carbons (Fsp3) is 0.636. The maximum absolute atomic E-state index is 11.2. The van der Waals surface area contributed by atoms with E-state index in [0.29, 0.717) is 24.2 Å². The molecule has 0 aromatic heterocycles. The van der Waals surface area contributed by atoms with E-state index in [1.54, 1.807) is 6.92 Å². The summed E-state index contributed by atoms with van der Waals surface area (Å²) in [6.07, 6.45) is 4.90. The summed E-state index contributed by atoms with van der Waals surface area (Å²) in [4.78, 5) is 22.4. The summed E-state index contributed by atoms with van der Waals surface area (Å²) in [6, 6.07) is 0. The zero-order valence-electron chi connectivity index (χ0n) is 8.29. The topological polar surface area (TPSA) is 43.4 Å². The van der Waals surface area contributed by atoms with Gasteiger partial charge in [0.25, 0.3) is 0 Å². The fourth-order valence-corrected chi connectivity index (χ4v) is 2.14. The standard InChI is InChI=1S/C11H14O3/c1-7-5-10(14-11(7)13)8-3-2-4-9(12)6-8/h5,8,10H,2-4,6H2,1H3/t8-,10+/m0/s1. The van der Waals surface area contributed by atoms with Gasteiger partial charge in [0, 0.05) is 24.3 Å². The van der Waals surface area contributed by atoms with E-state index in [0.717, 1.165) is 12.8 Å². The molecule has 2 atom stereocenters. The van der Waals surface area contributed by atoms with Crippen molar-refractivity contribution in [2.75, 3.05) is 0 Å². The molecule has 1 aliphatic carbocycles. The highest BCUT2D eigenvalue weighted by Crippen LogP contribution is 2.30. The van der Waals surface area contributed by atoms with Crippen LogP contribution in [0.15, 0.2) is 11.6 Å². The zero-order valence-corrected chi connectivity index (χ0v) is 8.29. The molecule has 2 aliphatic rings. The first kappa shape index (κ1) is 9.44. The lowest BCUT2D eigenvalue weighted by molar-refractivity contribution is -0.143. The molecule has 0 amide bonds. The lowest BCUT2D eigenvalue weighted by Gasteiger charge is -2.24. The molecular weight excluding hydrogens is 180 g/mol. The van der Waals surface area contributed by atoms with Crippen LogP contribution < -0.4 is 0 Å². The van der Waals surface area contributed by atoms with Crippen LogP contribution in [0, 0.1) is 5.92 Å². The third kappa shape index (κ3) is 1.72. The van der Waals surface area contributed by atoms with E-state index in [1.165, 1.54) is 0 Å². The average Bonchev–Trinajstić information content (AvgIpc) is 2.47. The molecule has 0 radical (unpaired) electrons. The van der Waals surface area contributed by atoms with Crippen LogP contribution in [0.1, 0.15) is 32.6 Å². The number of ether oxygens (including phenoxy) is 1. The van der Waals surface area contributed by atoms with Crippen molar-refractivity contribution >= 4 is 11.8 Å². The van der Waals surface area contributed by atoms with E-state index in [1.807, 2.05) is 6.08 Å². The number of carbonyl (C=O) groups excluding carboxylic acids is 2. The second-order valence-electron chi connectivity index (χ2n) is 4.11. The predicted molar refractivity (Wildman–Crippen MR) is 50.6 cm³/mol. The number of ketones is 1. The van der Waals surface area contributed by atoms with Crippen molar-refractivity contribution in [2.24, 2.45) is 5.92 Å². The Morgan fingerprint density at radius 2 is 2.21 bits per heavy atom. The molecule has 0 aromatic rings. The number of hydrogen-bond donors (Lipinski definition) is 0. The van der Waals surface area contributed by atoms with Gasteiger partial charge in [0.05, 0.1) is 0 Å². The van der Waals surface area contributed by atoms with Gasteiger partial charge in [0.15, 0.2) is 0 Å². The summed E-state index contributed by atoms with van der Waals surface area (Å²) in [5, 5.41) is 0. The summed E-state index contributed by atoms with van der Waals surface area (Å²) in [5.74, 6) is 0.293. The summed E-state index contributed by atoms with van der Waals surface area (Å²) in [6.45, 7) is 1.76. The summed E-state index contributed by atoms with van der Waals surface area (Å²) in [7, 11) is 0. The Labute approximate surface area is 83.1 Å². The van der Waals surface area contributed by atoms with Crippen molar-refractivity contribution in [3.8, 4) is 0 Å². The number of carbonyl (C=O) groups is 2. The molecule has 1 heterocycles. The van der Waals surface area contributed by atoms with Gasteiger partial charge in [0.1, 0.15) is 11.9 Å². The number of esters is 1. The van der Waals surface area contributed by atoms with Crippen LogP contribution in [0.4, 0.5) is 0 Å². The summed E-state index contributed by atoms with van der Waals surface area (Å²) in [5.41, 5.74) is 0.674. The van der Waals surface area contributed by atoms with E-state index in [9.17, 15) is 9.59 Å². The SMILES string of the molecule is CC1=C[C@H]([C@H]2CCCC(=O)C2)OC1=O. The van der Waals surface area contributed by atoms with Gasteiger partial charge in [-0.05, 0) is 25.8 Å². The maximum atomic E-state index is 11.2. The Morgan fingerprint density at radius 3 is 2.79 bits per heavy atom. The van der Waals surface area contributed by atoms with Gasteiger partial charge < -0.3 is 4.74 Å². The first-order chi connectivity index (χ1) is 6.66. The van der Waals surface area contributed by atoms with E-state index in [-0.39, 0.29) is 18.0 Å². The minimum Gasteiger partial charge on any atom is -0.454 e. The monoisotopic (exact) mass is 194 g/mol. The molecule has 1 aliphatic heterocycles. The summed E-state index contributed by atoms with van der Waals surface area (Å²) < 4.78 is 5.18. The van der Waals surface area contributed by atoms with Gasteiger partial charge in [-0.2, -0.15) is 0 Å². The van der Waals surface area contributed by atoms with Crippen LogP contribution in [0.3, 0.4) is 0 Å². The van der Waals surface area contributed by atoms with Crippen LogP contribution in [0.25, 0.3) is 0 Å². The molecule has 0 N–H and O–H groups in total. The molecule has 3 nitrogen and oxygen atoms in total. The third-order valence-electron chi connectivity index (χ3n) is 2.96. The third-order valence-corrected chi connectivity index (χ3v) is 2.96. The fourth-order valence-electron chi connectivity index (χ4n) is 2.14. The Kier molecular flexibility index (Phi) is 2.40. The number of cyclic esters (lactones) is 1. The maximum Gasteiger partial charge on any atom is 0.334 e. The molecule has 0 saturated heterocycles. The molecule has 2 rings (SSSR count). The molecule has 0 spiro atoms. The first-order valence-corrected chi connectivity index (χ1v) is 5.08. The molecule has 1 fully saturated rings. The molecule has 14 heavy (non-hydrogen) atoms. The van der Waals surface area contributed by atoms with Gasteiger partial charge in [0.2, 0.25) is 0 Å². The Hall–Kier alpha value is -1.12. The Balaban J connectivity index is 2.02. The largest absolute Gasteiger partial charge is 0.454 e. The summed E-state index contributed by atoms with van der Waals surface area (Å²) >= 11 is 0. The van der Waals surface area contributed by atoms with Crippen molar-refractivity contribution in [1.29, 1.82) is 0 Å². The zero-order chi connectivity index (χ0) is 10.1. The highest BCUT2D eigenvalue weighted by atomic mass is 16.5. The normalized spacial score (nSPS) is 32.8. The quantitative estimate of drug-likeness (QED) is 0.596. The van der Waals surface area contributed by atoms with Gasteiger partial charge in [-0.1, -0.05) is 0 Å². The first-order valence-electron chi connectivity index (χ1n) is 5.08. The smallest absolute Gasteiger partial charge is 0.334 e. The lowest BCUT2D eigenvalue weighted by atomic mass is 9.84. The van der Waals surface area contributed by atoms with E-state index in [4.69, 9.17) is 4.74 Å². The van der Waals surface area contributed by atoms with Gasteiger partial charge >= 0.3 is 5.97 Å². The Bertz CT molecular complexity index is 304. The van der Waals surface area contributed by atoms with Crippen LogP contribution >= 0.6 is 0 Å². The highest BCUT2D eigenvalue weighted by molar-refractivity contribution is 5.90. The highest BCUT2D eigenvalue weighted by Gasteiger charge is 2.32. The molecule has 0 aromatic carbocycles. The van der Waals surface area contributed by atoms with Crippen LogP contribution in [-0.4, -0.2) is 17.9 Å². The average molecular weight is 194 g/mol. The second-order valence-corrected chi connectivity index (χ2v) is 4.11. The van der Waals surface area contributed by atoms with Crippen molar-refractivity contribution < 1.29 is 14.3 Å². The lowest BCUT2D eigenvalue weighted by Crippen LogP contribution is -2.26. The molecule has 0 bridgehead atoms. The van der Waals surface area contributed by atoms with Crippen molar-refractivity contribution in [3.05, 3.63) is 11.6 Å². The molecule has 3 heteroatoms. The van der Waals surface area contributed by atoms with Crippen molar-refractivity contribution in [3.63, 3.8) is 0 Å². The molecule has 1 saturated carbocycles. The number of hydrogen-bond acceptors (Lipinski definition) is 3. The van der Waals surface area contributed by atoms with Crippen molar-refractivity contribution in [2.45, 2.75) is 38.7 Å². The number of rotatable bonds is 1. The van der Waals surface area contributed by atoms with E-state index < -0.39 is 0 Å². The minimum atomic E-state index is -0.229. The van der Waals surface area contributed by atoms with E-state index >= 15 is 0 Å². The van der Waals surface area contributed by atoms with E-state index in [2.05, 4.69) is 0 Å². The van der Waals surface area contributed by atoms with Crippen molar-refractivity contribution in [1.82, 2.24) is 0 Å². The minimum absolute atomic E-state index is 0.147. The second kappa shape index (κ2) is 3.56. The Morgan fingerprint density at radius 1 is 1.43 bits per heavy atom. The van der Waals surface area contributed by atoms with Gasteiger partial charge in [-0.3, -0.25) is 4.79 Å². The number of Topliss-reactive ketones (excluding diaryl/α,β-unsaturated/α-hetero) is 1. The van der Waals surface area contributed by atoms with Crippen LogP contribution in [-0.2, 0) is 14.3 Å². The van der Waals surface area contributed by atoms with Gasteiger partial charge in [-0.25, -0.2) is 4.79 Å². The predicted octanol–water partition coefficient (Wildman–Crippen LogP) is 1.62. The molecular formula is C11H14O3. The van der Waals surface area contributed by atoms with Gasteiger partial charge in [-0.15, -0.1) is 0 Å². The van der Waals surface area contributed by atoms with Crippen LogP contribution in [0.5, 0.6) is 0 Å². The molecule has 0 unspecified atom stereocenters. The van der Waals surface area contributed by atoms with Crippen LogP contribution in [0.2, 0.25) is 0 Å².